The van der Waals surface area contributed by atoms with E-state index in [2.05, 4.69) is 5.32 Å². The molecule has 0 aliphatic carbocycles. The van der Waals surface area contributed by atoms with E-state index in [4.69, 9.17) is 16.3 Å². The minimum absolute atomic E-state index is 0.0284. The van der Waals surface area contributed by atoms with Crippen molar-refractivity contribution in [2.45, 2.75) is 44.7 Å². The molecule has 1 atom stereocenters. The minimum Gasteiger partial charge on any atom is -0.497 e. The smallest absolute Gasteiger partial charge is 0.243 e. The van der Waals surface area contributed by atoms with Gasteiger partial charge in [-0.3, -0.25) is 9.59 Å². The molecule has 192 valence electrons. The van der Waals surface area contributed by atoms with Crippen molar-refractivity contribution in [3.8, 4) is 5.75 Å². The molecule has 0 bridgehead atoms. The number of halogens is 1. The van der Waals surface area contributed by atoms with Crippen LogP contribution in [0.2, 0.25) is 5.02 Å². The van der Waals surface area contributed by atoms with Gasteiger partial charge in [-0.05, 0) is 54.3 Å². The van der Waals surface area contributed by atoms with Gasteiger partial charge in [0, 0.05) is 25.2 Å². The van der Waals surface area contributed by atoms with Gasteiger partial charge in [0.1, 0.15) is 11.8 Å². The molecule has 0 aliphatic heterocycles. The first kappa shape index (κ1) is 28.6. The molecule has 8 nitrogen and oxygen atoms in total. The number of ether oxygens (including phenoxy) is 1. The molecule has 0 heterocycles. The lowest BCUT2D eigenvalue weighted by atomic mass is 10.1. The molecule has 0 saturated heterocycles. The Morgan fingerprint density at radius 3 is 2.17 bits per heavy atom. The molecule has 0 saturated carbocycles. The molecule has 2 aromatic carbocycles. The number of sulfonamides is 1. The van der Waals surface area contributed by atoms with Gasteiger partial charge in [0.05, 0.1) is 18.6 Å². The lowest BCUT2D eigenvalue weighted by Crippen LogP contribution is -2.52. The van der Waals surface area contributed by atoms with E-state index in [0.717, 1.165) is 9.87 Å². The largest absolute Gasteiger partial charge is 0.497 e. The van der Waals surface area contributed by atoms with Gasteiger partial charge in [0.25, 0.3) is 0 Å². The van der Waals surface area contributed by atoms with Crippen molar-refractivity contribution in [2.75, 3.05) is 27.2 Å². The van der Waals surface area contributed by atoms with Crippen molar-refractivity contribution in [3.63, 3.8) is 0 Å². The zero-order valence-electron chi connectivity index (χ0n) is 20.8. The third-order valence-electron chi connectivity index (χ3n) is 5.46. The van der Waals surface area contributed by atoms with Crippen molar-refractivity contribution in [2.24, 2.45) is 5.92 Å². The summed E-state index contributed by atoms with van der Waals surface area (Å²) < 4.78 is 32.2. The Bertz CT molecular complexity index is 1090. The predicted molar refractivity (Wildman–Crippen MR) is 137 cm³/mol. The van der Waals surface area contributed by atoms with Crippen molar-refractivity contribution >= 4 is 33.4 Å². The zero-order chi connectivity index (χ0) is 26.2. The third kappa shape index (κ3) is 7.95. The van der Waals surface area contributed by atoms with Crippen molar-refractivity contribution in [3.05, 3.63) is 59.1 Å². The van der Waals surface area contributed by atoms with Gasteiger partial charge >= 0.3 is 0 Å². The van der Waals surface area contributed by atoms with Crippen LogP contribution >= 0.6 is 11.6 Å². The van der Waals surface area contributed by atoms with E-state index in [1.165, 1.54) is 36.2 Å². The van der Waals surface area contributed by atoms with Gasteiger partial charge in [-0.2, -0.15) is 4.31 Å². The highest BCUT2D eigenvalue weighted by Crippen LogP contribution is 2.20. The van der Waals surface area contributed by atoms with E-state index in [1.54, 1.807) is 19.2 Å². The quantitative estimate of drug-likeness (QED) is 0.459. The van der Waals surface area contributed by atoms with Crippen LogP contribution in [-0.4, -0.2) is 62.7 Å². The fourth-order valence-electron chi connectivity index (χ4n) is 3.42. The van der Waals surface area contributed by atoms with Gasteiger partial charge in [-0.1, -0.05) is 44.5 Å². The molecule has 0 fully saturated rings. The topological polar surface area (TPSA) is 96.0 Å². The van der Waals surface area contributed by atoms with Crippen LogP contribution in [0.4, 0.5) is 0 Å². The van der Waals surface area contributed by atoms with Gasteiger partial charge in [0.15, 0.2) is 0 Å². The number of benzene rings is 2. The Hall–Kier alpha value is -2.62. The highest BCUT2D eigenvalue weighted by atomic mass is 35.5. The number of nitrogens with one attached hydrogen (secondary N) is 1. The molecular weight excluding hydrogens is 490 g/mol. The van der Waals surface area contributed by atoms with Gasteiger partial charge in [-0.25, -0.2) is 8.42 Å². The first-order valence-electron chi connectivity index (χ1n) is 11.4. The summed E-state index contributed by atoms with van der Waals surface area (Å²) >= 11 is 5.87. The van der Waals surface area contributed by atoms with Crippen LogP contribution in [-0.2, 0) is 26.2 Å². The summed E-state index contributed by atoms with van der Waals surface area (Å²) in [4.78, 5) is 27.9. The number of methoxy groups -OCH3 is 1. The maximum absolute atomic E-state index is 13.5. The van der Waals surface area contributed by atoms with E-state index in [9.17, 15) is 18.0 Å². The van der Waals surface area contributed by atoms with E-state index in [0.29, 0.717) is 23.7 Å². The predicted octanol–water partition coefficient (Wildman–Crippen LogP) is 3.55. The summed E-state index contributed by atoms with van der Waals surface area (Å²) in [5.74, 6) is 0.165. The van der Waals surface area contributed by atoms with Gasteiger partial charge < -0.3 is 15.0 Å². The molecule has 10 heteroatoms. The summed E-state index contributed by atoms with van der Waals surface area (Å²) in [7, 11) is -1.03. The molecule has 0 aliphatic rings. The SMILES string of the molecule is CCC(C(=O)NCC(C)C)N(Cc1ccc(OC)cc1)C(=O)CN(C)S(=O)(=O)c1ccc(Cl)cc1. The molecule has 0 aromatic heterocycles. The summed E-state index contributed by atoms with van der Waals surface area (Å²) in [5.41, 5.74) is 0.789. The summed E-state index contributed by atoms with van der Waals surface area (Å²) in [6.45, 7) is 5.99. The number of likely N-dealkylation sites (N-methyl/N-ethyl adjacent to an activating group) is 1. The Morgan fingerprint density at radius 2 is 1.66 bits per heavy atom. The second-order valence-electron chi connectivity index (χ2n) is 8.65. The second kappa shape index (κ2) is 12.9. The molecule has 35 heavy (non-hydrogen) atoms. The number of rotatable bonds is 12. The van der Waals surface area contributed by atoms with E-state index in [-0.39, 0.29) is 23.3 Å². The Labute approximate surface area is 213 Å². The minimum atomic E-state index is -3.93. The normalized spacial score (nSPS) is 12.5. The van der Waals surface area contributed by atoms with Crippen LogP contribution in [0.3, 0.4) is 0 Å². The maximum atomic E-state index is 13.5. The summed E-state index contributed by atoms with van der Waals surface area (Å²) in [5, 5.41) is 3.30. The first-order chi connectivity index (χ1) is 16.5. The summed E-state index contributed by atoms with van der Waals surface area (Å²) in [6.07, 6.45) is 0.374. The summed E-state index contributed by atoms with van der Waals surface area (Å²) in [6, 6.07) is 12.2. The molecule has 2 aromatic rings. The lowest BCUT2D eigenvalue weighted by molar-refractivity contribution is -0.141. The van der Waals surface area contributed by atoms with E-state index < -0.39 is 28.5 Å². The fraction of sp³-hybridized carbons (Fsp3) is 0.440. The highest BCUT2D eigenvalue weighted by molar-refractivity contribution is 7.89. The molecule has 2 amide bonds. The maximum Gasteiger partial charge on any atom is 0.243 e. The van der Waals surface area contributed by atoms with Gasteiger partial charge in [0.2, 0.25) is 21.8 Å². The number of hydrogen-bond acceptors (Lipinski definition) is 5. The fourth-order valence-corrected chi connectivity index (χ4v) is 4.67. The lowest BCUT2D eigenvalue weighted by Gasteiger charge is -2.32. The molecular formula is C25H34ClN3O5S. The van der Waals surface area contributed by atoms with Crippen molar-refractivity contribution < 1.29 is 22.7 Å². The molecule has 0 radical (unpaired) electrons. The van der Waals surface area contributed by atoms with Crippen molar-refractivity contribution in [1.82, 2.24) is 14.5 Å². The Balaban J connectivity index is 2.31. The third-order valence-corrected chi connectivity index (χ3v) is 7.53. The number of hydrogen-bond donors (Lipinski definition) is 1. The van der Waals surface area contributed by atoms with Crippen LogP contribution in [0.5, 0.6) is 5.75 Å². The van der Waals surface area contributed by atoms with Crippen molar-refractivity contribution in [1.29, 1.82) is 0 Å². The van der Waals surface area contributed by atoms with Crippen LogP contribution in [0.15, 0.2) is 53.4 Å². The van der Waals surface area contributed by atoms with Crippen LogP contribution in [0.1, 0.15) is 32.8 Å². The highest BCUT2D eigenvalue weighted by Gasteiger charge is 2.31. The zero-order valence-corrected chi connectivity index (χ0v) is 22.4. The first-order valence-corrected chi connectivity index (χ1v) is 13.2. The monoisotopic (exact) mass is 523 g/mol. The Morgan fingerprint density at radius 1 is 1.06 bits per heavy atom. The number of carbonyl (C=O) groups excluding carboxylic acids is 2. The van der Waals surface area contributed by atoms with Crippen LogP contribution in [0.25, 0.3) is 0 Å². The molecule has 1 N–H and O–H groups in total. The Kier molecular flexibility index (Phi) is 10.5. The molecule has 2 rings (SSSR count). The molecule has 1 unspecified atom stereocenters. The van der Waals surface area contributed by atoms with E-state index >= 15 is 0 Å². The standard InChI is InChI=1S/C25H34ClN3O5S/c1-6-23(25(31)27-15-18(2)3)29(16-19-7-11-21(34-5)12-8-19)24(30)17-28(4)35(32,33)22-13-9-20(26)10-14-22/h7-14,18,23H,6,15-17H2,1-5H3,(H,27,31). The van der Waals surface area contributed by atoms with Crippen LogP contribution in [0, 0.1) is 5.92 Å². The number of amides is 2. The average Bonchev–Trinajstić information content (AvgIpc) is 2.83. The van der Waals surface area contributed by atoms with E-state index in [1.807, 2.05) is 32.9 Å². The number of nitrogens with zero attached hydrogens (tertiary/aromatic N) is 2. The average molecular weight is 524 g/mol. The van der Waals surface area contributed by atoms with Crippen LogP contribution < -0.4 is 10.1 Å². The molecule has 0 spiro atoms. The van der Waals surface area contributed by atoms with Gasteiger partial charge in [-0.15, -0.1) is 0 Å². The number of carbonyl (C=O) groups is 2. The second-order valence-corrected chi connectivity index (χ2v) is 11.1.